The van der Waals surface area contributed by atoms with Crippen molar-refractivity contribution in [1.29, 1.82) is 0 Å². The summed E-state index contributed by atoms with van der Waals surface area (Å²) in [6.45, 7) is 3.74. The van der Waals surface area contributed by atoms with Crippen LogP contribution in [0.15, 0.2) is 35.3 Å². The zero-order valence-electron chi connectivity index (χ0n) is 15.8. The van der Waals surface area contributed by atoms with Crippen molar-refractivity contribution < 1.29 is 9.18 Å². The lowest BCUT2D eigenvalue weighted by Gasteiger charge is -2.31. The molecular weight excluding hydrogens is 399 g/mol. The summed E-state index contributed by atoms with van der Waals surface area (Å²) < 4.78 is 15.6. The van der Waals surface area contributed by atoms with Crippen molar-refractivity contribution >= 4 is 34.8 Å². The van der Waals surface area contributed by atoms with Crippen molar-refractivity contribution in [2.24, 2.45) is 5.92 Å². The molecule has 3 heterocycles. The number of hydrogen-bond donors (Lipinski definition) is 1. The molecule has 0 radical (unpaired) electrons. The minimum absolute atomic E-state index is 0.101. The van der Waals surface area contributed by atoms with Gasteiger partial charge in [0.15, 0.2) is 0 Å². The van der Waals surface area contributed by atoms with Gasteiger partial charge in [0, 0.05) is 25.0 Å². The van der Waals surface area contributed by atoms with Gasteiger partial charge >= 0.3 is 5.69 Å². The number of carbonyl (C=O) groups is 1. The molecule has 0 bridgehead atoms. The largest absolute Gasteiger partial charge is 0.356 e. The summed E-state index contributed by atoms with van der Waals surface area (Å²) in [6.07, 6.45) is 3.92. The number of benzene rings is 1. The third-order valence-corrected chi connectivity index (χ3v) is 5.21. The fraction of sp³-hybridized carbons (Fsp3) is 0.368. The van der Waals surface area contributed by atoms with Crippen LogP contribution in [-0.2, 0) is 11.3 Å². The summed E-state index contributed by atoms with van der Waals surface area (Å²) in [5.41, 5.74) is -0.129. The summed E-state index contributed by atoms with van der Waals surface area (Å²) >= 11 is 5.71. The van der Waals surface area contributed by atoms with E-state index in [0.29, 0.717) is 11.6 Å². The maximum Gasteiger partial charge on any atom is 0.352 e. The Morgan fingerprint density at radius 3 is 2.97 bits per heavy atom. The van der Waals surface area contributed by atoms with Crippen molar-refractivity contribution in [3.05, 3.63) is 51.8 Å². The van der Waals surface area contributed by atoms with E-state index in [0.717, 1.165) is 36.1 Å². The highest BCUT2D eigenvalue weighted by Crippen LogP contribution is 2.21. The van der Waals surface area contributed by atoms with Gasteiger partial charge in [0.1, 0.15) is 18.2 Å². The van der Waals surface area contributed by atoms with Crippen LogP contribution in [0, 0.1) is 11.7 Å². The van der Waals surface area contributed by atoms with Gasteiger partial charge in [-0.3, -0.25) is 4.79 Å². The number of rotatable bonds is 4. The lowest BCUT2D eigenvalue weighted by Crippen LogP contribution is -2.34. The number of amides is 1. The third kappa shape index (κ3) is 4.09. The van der Waals surface area contributed by atoms with Crippen molar-refractivity contribution in [3.8, 4) is 0 Å². The zero-order chi connectivity index (χ0) is 20.5. The maximum absolute atomic E-state index is 13.2. The highest BCUT2D eigenvalue weighted by Gasteiger charge is 2.19. The number of nitrogens with one attached hydrogen (secondary N) is 1. The fourth-order valence-corrected chi connectivity index (χ4v) is 3.66. The monoisotopic (exact) mass is 418 g/mol. The van der Waals surface area contributed by atoms with E-state index in [-0.39, 0.29) is 17.3 Å². The Morgan fingerprint density at radius 1 is 1.38 bits per heavy atom. The second-order valence-corrected chi connectivity index (χ2v) is 7.67. The topological polar surface area (TPSA) is 84.5 Å². The van der Waals surface area contributed by atoms with Gasteiger partial charge in [0.2, 0.25) is 5.91 Å². The Balaban J connectivity index is 1.53. The van der Waals surface area contributed by atoms with E-state index in [1.54, 1.807) is 12.3 Å². The molecule has 29 heavy (non-hydrogen) atoms. The van der Waals surface area contributed by atoms with Gasteiger partial charge in [-0.25, -0.2) is 18.3 Å². The van der Waals surface area contributed by atoms with Crippen molar-refractivity contribution in [2.45, 2.75) is 26.3 Å². The standard InChI is InChI=1S/C19H20ClFN6O2/c1-12-3-2-7-25(10-12)16-6-8-26-18(23-16)24-27(19(26)29)11-17(28)22-13-4-5-15(21)14(20)9-13/h4-6,8-9,12H,2-3,7,10-11H2,1H3,(H,22,28)/t12-/m0/s1. The smallest absolute Gasteiger partial charge is 0.352 e. The number of halogens is 2. The summed E-state index contributed by atoms with van der Waals surface area (Å²) in [5.74, 6) is 0.537. The first-order valence-corrected chi connectivity index (χ1v) is 9.74. The molecule has 1 aliphatic heterocycles. The molecule has 1 saturated heterocycles. The van der Waals surface area contributed by atoms with Gasteiger partial charge in [-0.1, -0.05) is 18.5 Å². The third-order valence-electron chi connectivity index (χ3n) is 4.92. The van der Waals surface area contributed by atoms with Crippen LogP contribution in [0.3, 0.4) is 0 Å². The SMILES string of the molecule is C[C@H]1CCCN(c2ccn3c(=O)n(CC(=O)Nc4ccc(F)c(Cl)c4)nc3n2)C1. The Bertz CT molecular complexity index is 1130. The van der Waals surface area contributed by atoms with E-state index in [2.05, 4.69) is 27.2 Å². The van der Waals surface area contributed by atoms with Crippen molar-refractivity contribution in [1.82, 2.24) is 19.2 Å². The van der Waals surface area contributed by atoms with E-state index in [9.17, 15) is 14.0 Å². The predicted molar refractivity (Wildman–Crippen MR) is 108 cm³/mol. The van der Waals surface area contributed by atoms with Crippen molar-refractivity contribution in [3.63, 3.8) is 0 Å². The number of fused-ring (bicyclic) bond motifs is 1. The summed E-state index contributed by atoms with van der Waals surface area (Å²) in [5, 5.41) is 6.65. The van der Waals surface area contributed by atoms with E-state index >= 15 is 0 Å². The highest BCUT2D eigenvalue weighted by atomic mass is 35.5. The average Bonchev–Trinajstić information content (AvgIpc) is 2.99. The molecule has 2 aromatic heterocycles. The molecule has 1 amide bonds. The van der Waals surface area contributed by atoms with Crippen LogP contribution in [0.2, 0.25) is 5.02 Å². The number of piperidine rings is 1. The van der Waals surface area contributed by atoms with E-state index in [1.807, 2.05) is 0 Å². The lowest BCUT2D eigenvalue weighted by atomic mass is 10.0. The Hall–Kier alpha value is -2.94. The Morgan fingerprint density at radius 2 is 2.21 bits per heavy atom. The summed E-state index contributed by atoms with van der Waals surface area (Å²) in [4.78, 5) is 31.5. The van der Waals surface area contributed by atoms with Gasteiger partial charge in [-0.2, -0.15) is 4.98 Å². The fourth-order valence-electron chi connectivity index (χ4n) is 3.48. The van der Waals surface area contributed by atoms with E-state index in [1.165, 1.54) is 23.0 Å². The minimum atomic E-state index is -0.578. The molecule has 0 saturated carbocycles. The summed E-state index contributed by atoms with van der Waals surface area (Å²) in [7, 11) is 0. The van der Waals surface area contributed by atoms with Gasteiger partial charge in [0.05, 0.1) is 5.02 Å². The molecule has 0 spiro atoms. The first-order chi connectivity index (χ1) is 13.9. The van der Waals surface area contributed by atoms with Gasteiger partial charge in [-0.15, -0.1) is 5.10 Å². The number of hydrogen-bond acceptors (Lipinski definition) is 5. The quantitative estimate of drug-likeness (QED) is 0.704. The van der Waals surface area contributed by atoms with Gasteiger partial charge in [-0.05, 0) is 43.0 Å². The van der Waals surface area contributed by atoms with Crippen LogP contribution in [0.4, 0.5) is 15.9 Å². The average molecular weight is 419 g/mol. The molecule has 1 atom stereocenters. The number of nitrogens with zero attached hydrogens (tertiary/aromatic N) is 5. The number of anilines is 2. The number of aromatic nitrogens is 4. The zero-order valence-corrected chi connectivity index (χ0v) is 16.6. The van der Waals surface area contributed by atoms with Crippen LogP contribution in [0.25, 0.3) is 5.78 Å². The van der Waals surface area contributed by atoms with Crippen LogP contribution in [0.1, 0.15) is 19.8 Å². The van der Waals surface area contributed by atoms with Crippen molar-refractivity contribution in [2.75, 3.05) is 23.3 Å². The molecule has 1 N–H and O–H groups in total. The molecule has 4 rings (SSSR count). The molecule has 10 heteroatoms. The van der Waals surface area contributed by atoms with Crippen LogP contribution in [-0.4, -0.2) is 38.2 Å². The van der Waals surface area contributed by atoms with Crippen LogP contribution in [0.5, 0.6) is 0 Å². The normalized spacial score (nSPS) is 16.9. The van der Waals surface area contributed by atoms with E-state index in [4.69, 9.17) is 11.6 Å². The Kier molecular flexibility index (Phi) is 5.23. The Labute approximate surface area is 170 Å². The molecular formula is C19H20ClFN6O2. The van der Waals surface area contributed by atoms with Crippen LogP contribution >= 0.6 is 11.6 Å². The minimum Gasteiger partial charge on any atom is -0.356 e. The van der Waals surface area contributed by atoms with E-state index < -0.39 is 17.4 Å². The first-order valence-electron chi connectivity index (χ1n) is 9.37. The summed E-state index contributed by atoms with van der Waals surface area (Å²) in [6, 6.07) is 5.63. The van der Waals surface area contributed by atoms with Crippen LogP contribution < -0.4 is 15.9 Å². The second kappa shape index (κ2) is 7.82. The first kappa shape index (κ1) is 19.4. The molecule has 3 aromatic rings. The molecule has 1 aromatic carbocycles. The predicted octanol–water partition coefficient (Wildman–Crippen LogP) is 2.56. The van der Waals surface area contributed by atoms with Gasteiger partial charge in [0.25, 0.3) is 5.78 Å². The number of carbonyl (C=O) groups excluding carboxylic acids is 1. The highest BCUT2D eigenvalue weighted by molar-refractivity contribution is 6.31. The second-order valence-electron chi connectivity index (χ2n) is 7.27. The lowest BCUT2D eigenvalue weighted by molar-refractivity contribution is -0.117. The molecule has 1 fully saturated rings. The molecule has 0 aliphatic carbocycles. The molecule has 0 unspecified atom stereocenters. The van der Waals surface area contributed by atoms with Gasteiger partial charge < -0.3 is 10.2 Å². The molecule has 1 aliphatic rings. The molecule has 152 valence electrons. The molecule has 8 nitrogen and oxygen atoms in total. The maximum atomic E-state index is 13.2.